The number of anilines is 2. The van der Waals surface area contributed by atoms with Gasteiger partial charge < -0.3 is 10.2 Å². The highest BCUT2D eigenvalue weighted by atomic mass is 16.1. The normalized spacial score (nSPS) is 20.3. The van der Waals surface area contributed by atoms with Gasteiger partial charge in [0, 0.05) is 25.6 Å². The van der Waals surface area contributed by atoms with Crippen LogP contribution in [-0.2, 0) is 4.79 Å². The van der Waals surface area contributed by atoms with Crippen LogP contribution in [0.15, 0.2) is 12.4 Å². The minimum Gasteiger partial charge on any atom is -0.356 e. The molecule has 0 unspecified atom stereocenters. The van der Waals surface area contributed by atoms with Crippen LogP contribution in [0.2, 0.25) is 0 Å². The molecule has 2 heterocycles. The van der Waals surface area contributed by atoms with Gasteiger partial charge in [-0.3, -0.25) is 4.79 Å². The SMILES string of the molecule is CC1CCN(c2cc(NC(=O)CC3CCCC3)ncn2)CC1. The Morgan fingerprint density at radius 3 is 2.68 bits per heavy atom. The number of hydrogen-bond donors (Lipinski definition) is 1. The van der Waals surface area contributed by atoms with Gasteiger partial charge in [0.25, 0.3) is 0 Å². The summed E-state index contributed by atoms with van der Waals surface area (Å²) >= 11 is 0. The molecule has 5 heteroatoms. The lowest BCUT2D eigenvalue weighted by Gasteiger charge is -2.31. The summed E-state index contributed by atoms with van der Waals surface area (Å²) in [7, 11) is 0. The van der Waals surface area contributed by atoms with Gasteiger partial charge in [0.2, 0.25) is 5.91 Å². The van der Waals surface area contributed by atoms with Gasteiger partial charge in [-0.15, -0.1) is 0 Å². The highest BCUT2D eigenvalue weighted by Crippen LogP contribution is 2.28. The van der Waals surface area contributed by atoms with E-state index in [-0.39, 0.29) is 5.91 Å². The van der Waals surface area contributed by atoms with Crippen molar-refractivity contribution < 1.29 is 4.79 Å². The Hall–Kier alpha value is -1.65. The Kier molecular flexibility index (Phi) is 4.90. The Balaban J connectivity index is 1.57. The van der Waals surface area contributed by atoms with Crippen molar-refractivity contribution in [2.24, 2.45) is 11.8 Å². The minimum absolute atomic E-state index is 0.0869. The summed E-state index contributed by atoms with van der Waals surface area (Å²) in [5.74, 6) is 3.00. The van der Waals surface area contributed by atoms with Crippen LogP contribution < -0.4 is 10.2 Å². The average Bonchev–Trinajstić information content (AvgIpc) is 3.01. The number of aromatic nitrogens is 2. The Morgan fingerprint density at radius 1 is 1.23 bits per heavy atom. The fourth-order valence-corrected chi connectivity index (χ4v) is 3.50. The Bertz CT molecular complexity index is 505. The van der Waals surface area contributed by atoms with E-state index < -0.39 is 0 Å². The molecule has 1 N–H and O–H groups in total. The molecule has 2 aliphatic rings. The van der Waals surface area contributed by atoms with E-state index >= 15 is 0 Å². The fourth-order valence-electron chi connectivity index (χ4n) is 3.50. The van der Waals surface area contributed by atoms with Gasteiger partial charge in [-0.25, -0.2) is 9.97 Å². The van der Waals surface area contributed by atoms with E-state index in [0.29, 0.717) is 18.2 Å². The third-order valence-electron chi connectivity index (χ3n) is 4.98. The molecule has 0 radical (unpaired) electrons. The summed E-state index contributed by atoms with van der Waals surface area (Å²) in [6.07, 6.45) is 9.49. The highest BCUT2D eigenvalue weighted by Gasteiger charge is 2.20. The van der Waals surface area contributed by atoms with E-state index in [2.05, 4.69) is 27.1 Å². The molecule has 0 spiro atoms. The number of nitrogens with one attached hydrogen (secondary N) is 1. The molecule has 3 rings (SSSR count). The van der Waals surface area contributed by atoms with Crippen LogP contribution in [0.1, 0.15) is 51.9 Å². The maximum atomic E-state index is 12.1. The van der Waals surface area contributed by atoms with E-state index in [1.54, 1.807) is 6.33 Å². The molecule has 1 aromatic rings. The van der Waals surface area contributed by atoms with Crippen LogP contribution in [0.5, 0.6) is 0 Å². The van der Waals surface area contributed by atoms with E-state index in [1.807, 2.05) is 6.07 Å². The first-order valence-electron chi connectivity index (χ1n) is 8.57. The maximum absolute atomic E-state index is 12.1. The molecular formula is C17H26N4O. The van der Waals surface area contributed by atoms with Crippen molar-refractivity contribution in [3.8, 4) is 0 Å². The van der Waals surface area contributed by atoms with Crippen molar-refractivity contribution in [2.45, 2.75) is 51.9 Å². The first-order valence-corrected chi connectivity index (χ1v) is 8.57. The summed E-state index contributed by atoms with van der Waals surface area (Å²) in [5.41, 5.74) is 0. The van der Waals surface area contributed by atoms with Gasteiger partial charge in [0.1, 0.15) is 18.0 Å². The molecule has 120 valence electrons. The van der Waals surface area contributed by atoms with Crippen molar-refractivity contribution in [1.29, 1.82) is 0 Å². The van der Waals surface area contributed by atoms with Crippen LogP contribution in [0, 0.1) is 11.8 Å². The number of carbonyl (C=O) groups excluding carboxylic acids is 1. The van der Waals surface area contributed by atoms with Crippen LogP contribution in [-0.4, -0.2) is 29.0 Å². The number of hydrogen-bond acceptors (Lipinski definition) is 4. The monoisotopic (exact) mass is 302 g/mol. The predicted molar refractivity (Wildman–Crippen MR) is 87.8 cm³/mol. The maximum Gasteiger partial charge on any atom is 0.225 e. The lowest BCUT2D eigenvalue weighted by molar-refractivity contribution is -0.117. The summed E-state index contributed by atoms with van der Waals surface area (Å²) in [5, 5.41) is 2.94. The largest absolute Gasteiger partial charge is 0.356 e. The van der Waals surface area contributed by atoms with Crippen molar-refractivity contribution >= 4 is 17.5 Å². The van der Waals surface area contributed by atoms with Gasteiger partial charge in [0.15, 0.2) is 0 Å². The average molecular weight is 302 g/mol. The van der Waals surface area contributed by atoms with Gasteiger partial charge >= 0.3 is 0 Å². The number of carbonyl (C=O) groups is 1. The molecule has 1 aliphatic heterocycles. The fraction of sp³-hybridized carbons (Fsp3) is 0.706. The zero-order chi connectivity index (χ0) is 15.4. The lowest BCUT2D eigenvalue weighted by Crippen LogP contribution is -2.33. The predicted octanol–water partition coefficient (Wildman–Crippen LogP) is 3.23. The lowest BCUT2D eigenvalue weighted by atomic mass is 9.99. The van der Waals surface area contributed by atoms with Crippen LogP contribution in [0.3, 0.4) is 0 Å². The Labute approximate surface area is 132 Å². The Morgan fingerprint density at radius 2 is 1.95 bits per heavy atom. The van der Waals surface area contributed by atoms with Crippen LogP contribution in [0.4, 0.5) is 11.6 Å². The van der Waals surface area contributed by atoms with Gasteiger partial charge in [-0.2, -0.15) is 0 Å². The first-order chi connectivity index (χ1) is 10.7. The summed E-state index contributed by atoms with van der Waals surface area (Å²) in [6, 6.07) is 1.91. The smallest absolute Gasteiger partial charge is 0.225 e. The molecule has 1 saturated heterocycles. The quantitative estimate of drug-likeness (QED) is 0.927. The molecule has 1 saturated carbocycles. The van der Waals surface area contributed by atoms with E-state index in [1.165, 1.54) is 38.5 Å². The molecule has 0 aromatic carbocycles. The molecule has 2 fully saturated rings. The second-order valence-corrected chi connectivity index (χ2v) is 6.83. The highest BCUT2D eigenvalue weighted by molar-refractivity contribution is 5.90. The number of piperidine rings is 1. The first kappa shape index (κ1) is 15.3. The molecule has 0 bridgehead atoms. The molecular weight excluding hydrogens is 276 g/mol. The van der Waals surface area contributed by atoms with Crippen LogP contribution in [0.25, 0.3) is 0 Å². The number of amides is 1. The molecule has 5 nitrogen and oxygen atoms in total. The summed E-state index contributed by atoms with van der Waals surface area (Å²) in [6.45, 7) is 4.37. The van der Waals surface area contributed by atoms with E-state index in [9.17, 15) is 4.79 Å². The standard InChI is InChI=1S/C17H26N4O/c1-13-6-8-21(9-7-13)16-11-15(18-12-19-16)20-17(22)10-14-4-2-3-5-14/h11-14H,2-10H2,1H3,(H,18,19,20,22). The molecule has 1 aliphatic carbocycles. The van der Waals surface area contributed by atoms with E-state index in [0.717, 1.165) is 24.8 Å². The molecule has 0 atom stereocenters. The van der Waals surface area contributed by atoms with Crippen molar-refractivity contribution in [2.75, 3.05) is 23.3 Å². The number of rotatable bonds is 4. The topological polar surface area (TPSA) is 58.1 Å². The molecule has 1 amide bonds. The molecule has 22 heavy (non-hydrogen) atoms. The summed E-state index contributed by atoms with van der Waals surface area (Å²) in [4.78, 5) is 23.0. The summed E-state index contributed by atoms with van der Waals surface area (Å²) < 4.78 is 0. The molecule has 1 aromatic heterocycles. The third kappa shape index (κ3) is 3.96. The van der Waals surface area contributed by atoms with Gasteiger partial charge in [-0.1, -0.05) is 19.8 Å². The van der Waals surface area contributed by atoms with Gasteiger partial charge in [-0.05, 0) is 37.5 Å². The van der Waals surface area contributed by atoms with Crippen molar-refractivity contribution in [3.05, 3.63) is 12.4 Å². The second kappa shape index (κ2) is 7.07. The zero-order valence-corrected chi connectivity index (χ0v) is 13.4. The second-order valence-electron chi connectivity index (χ2n) is 6.83. The van der Waals surface area contributed by atoms with E-state index in [4.69, 9.17) is 0 Å². The van der Waals surface area contributed by atoms with Crippen LogP contribution >= 0.6 is 0 Å². The van der Waals surface area contributed by atoms with Gasteiger partial charge in [0.05, 0.1) is 0 Å². The number of nitrogens with zero attached hydrogens (tertiary/aromatic N) is 3. The zero-order valence-electron chi connectivity index (χ0n) is 13.4. The third-order valence-corrected chi connectivity index (χ3v) is 4.98. The minimum atomic E-state index is 0.0869. The van der Waals surface area contributed by atoms with Crippen molar-refractivity contribution in [1.82, 2.24) is 9.97 Å². The van der Waals surface area contributed by atoms with Crippen molar-refractivity contribution in [3.63, 3.8) is 0 Å².